The highest BCUT2D eigenvalue weighted by Gasteiger charge is 2.12. The molecule has 0 spiro atoms. The molecule has 7 nitrogen and oxygen atoms in total. The molecular formula is C17H16N4O3S2. The number of furan rings is 1. The number of hydrogen-bond donors (Lipinski definition) is 2. The van der Waals surface area contributed by atoms with Crippen molar-refractivity contribution < 1.29 is 14.0 Å². The summed E-state index contributed by atoms with van der Waals surface area (Å²) in [6.07, 6.45) is 1.61. The summed E-state index contributed by atoms with van der Waals surface area (Å²) in [6, 6.07) is 10.6. The molecule has 0 radical (unpaired) electrons. The Bertz CT molecular complexity index is 893. The Morgan fingerprint density at radius 1 is 1.19 bits per heavy atom. The Balaban J connectivity index is 1.50. The minimum atomic E-state index is -0.205. The molecule has 0 aliphatic carbocycles. The molecule has 2 heterocycles. The Hall–Kier alpha value is -2.65. The maximum Gasteiger partial charge on any atom is 0.234 e. The van der Waals surface area contributed by atoms with Crippen LogP contribution in [0.25, 0.3) is 0 Å². The number of benzene rings is 1. The van der Waals surface area contributed by atoms with Crippen LogP contribution in [0.5, 0.6) is 0 Å². The Kier molecular flexibility index (Phi) is 6.03. The van der Waals surface area contributed by atoms with Crippen molar-refractivity contribution in [2.45, 2.75) is 17.8 Å². The summed E-state index contributed by atoms with van der Waals surface area (Å²) in [6.45, 7) is 1.99. The molecule has 26 heavy (non-hydrogen) atoms. The monoisotopic (exact) mass is 388 g/mol. The minimum Gasteiger partial charge on any atom is -0.467 e. The highest BCUT2D eigenvalue weighted by atomic mass is 32.2. The molecular weight excluding hydrogens is 372 g/mol. The van der Waals surface area contributed by atoms with E-state index < -0.39 is 0 Å². The molecule has 0 bridgehead atoms. The largest absolute Gasteiger partial charge is 0.467 e. The third-order valence-electron chi connectivity index (χ3n) is 3.31. The average Bonchev–Trinajstić information content (AvgIpc) is 3.30. The lowest BCUT2D eigenvalue weighted by molar-refractivity contribution is -0.113. The normalized spacial score (nSPS) is 10.5. The highest BCUT2D eigenvalue weighted by Crippen LogP contribution is 2.26. The molecule has 1 aromatic carbocycles. The van der Waals surface area contributed by atoms with Gasteiger partial charge in [-0.1, -0.05) is 35.2 Å². The average molecular weight is 388 g/mol. The van der Waals surface area contributed by atoms with E-state index in [0.717, 1.165) is 5.76 Å². The second-order valence-electron chi connectivity index (χ2n) is 5.24. The first kappa shape index (κ1) is 18.2. The molecule has 1 amide bonds. The maximum atomic E-state index is 12.1. The summed E-state index contributed by atoms with van der Waals surface area (Å²) in [7, 11) is 0. The molecule has 0 aliphatic heterocycles. The van der Waals surface area contributed by atoms with E-state index in [4.69, 9.17) is 4.42 Å². The molecule has 0 aliphatic rings. The molecule has 0 saturated carbocycles. The zero-order chi connectivity index (χ0) is 18.4. The molecule has 134 valence electrons. The number of hydrogen-bond acceptors (Lipinski definition) is 8. The van der Waals surface area contributed by atoms with Crippen LogP contribution in [0.15, 0.2) is 51.4 Å². The summed E-state index contributed by atoms with van der Waals surface area (Å²) in [4.78, 5) is 23.7. The maximum absolute atomic E-state index is 12.1. The number of thioether (sulfide) groups is 1. The molecule has 0 atom stereocenters. The lowest BCUT2D eigenvalue weighted by Crippen LogP contribution is -2.16. The standard InChI is InChI=1S/C17H16N4O3S2/c1-11(22)13-6-2-3-7-14(13)19-15(23)10-25-17-21-20-16(26-17)18-9-12-5-4-8-24-12/h2-8H,9-10H2,1H3,(H,18,20)(H,19,23). The van der Waals surface area contributed by atoms with Gasteiger partial charge in [0.2, 0.25) is 11.0 Å². The van der Waals surface area contributed by atoms with E-state index >= 15 is 0 Å². The number of nitrogens with one attached hydrogen (secondary N) is 2. The van der Waals surface area contributed by atoms with Gasteiger partial charge in [-0.15, -0.1) is 10.2 Å². The first-order chi connectivity index (χ1) is 12.6. The Morgan fingerprint density at radius 2 is 2.04 bits per heavy atom. The second kappa shape index (κ2) is 8.63. The van der Waals surface area contributed by atoms with E-state index in [1.165, 1.54) is 30.0 Å². The van der Waals surface area contributed by atoms with Gasteiger partial charge in [-0.25, -0.2) is 0 Å². The minimum absolute atomic E-state index is 0.0926. The predicted octanol–water partition coefficient (Wildman–Crippen LogP) is 3.68. The Labute approximate surface area is 158 Å². The smallest absolute Gasteiger partial charge is 0.234 e. The third kappa shape index (κ3) is 4.93. The van der Waals surface area contributed by atoms with Crippen LogP contribution in [-0.2, 0) is 11.3 Å². The van der Waals surface area contributed by atoms with E-state index in [2.05, 4.69) is 20.8 Å². The first-order valence-electron chi connectivity index (χ1n) is 7.74. The number of para-hydroxylation sites is 1. The Morgan fingerprint density at radius 3 is 2.81 bits per heavy atom. The topological polar surface area (TPSA) is 97.1 Å². The predicted molar refractivity (Wildman–Crippen MR) is 102 cm³/mol. The van der Waals surface area contributed by atoms with Crippen molar-refractivity contribution in [1.82, 2.24) is 10.2 Å². The van der Waals surface area contributed by atoms with Crippen LogP contribution in [0, 0.1) is 0 Å². The number of carbonyl (C=O) groups is 2. The number of amides is 1. The number of nitrogens with zero attached hydrogens (tertiary/aromatic N) is 2. The van der Waals surface area contributed by atoms with Crippen molar-refractivity contribution in [3.05, 3.63) is 54.0 Å². The molecule has 0 unspecified atom stereocenters. The van der Waals surface area contributed by atoms with Crippen LogP contribution in [0.3, 0.4) is 0 Å². The number of anilines is 2. The molecule has 0 saturated heterocycles. The van der Waals surface area contributed by atoms with Crippen molar-refractivity contribution in [3.63, 3.8) is 0 Å². The van der Waals surface area contributed by atoms with E-state index in [9.17, 15) is 9.59 Å². The van der Waals surface area contributed by atoms with Crippen molar-refractivity contribution in [2.24, 2.45) is 0 Å². The number of aromatic nitrogens is 2. The van der Waals surface area contributed by atoms with Gasteiger partial charge in [-0.05, 0) is 31.2 Å². The van der Waals surface area contributed by atoms with E-state index in [1.54, 1.807) is 30.5 Å². The number of rotatable bonds is 8. The number of ketones is 1. The van der Waals surface area contributed by atoms with Crippen LogP contribution in [0.4, 0.5) is 10.8 Å². The molecule has 9 heteroatoms. The van der Waals surface area contributed by atoms with Crippen molar-refractivity contribution in [3.8, 4) is 0 Å². The van der Waals surface area contributed by atoms with E-state index in [-0.39, 0.29) is 17.4 Å². The highest BCUT2D eigenvalue weighted by molar-refractivity contribution is 8.01. The zero-order valence-electron chi connectivity index (χ0n) is 13.9. The van der Waals surface area contributed by atoms with E-state index in [0.29, 0.717) is 27.3 Å². The summed E-state index contributed by atoms with van der Waals surface area (Å²) in [5, 5.41) is 14.6. The number of Topliss-reactive ketones (excluding diaryl/α,β-unsaturated/α-hetero) is 1. The van der Waals surface area contributed by atoms with Crippen molar-refractivity contribution >= 4 is 45.6 Å². The lowest BCUT2D eigenvalue weighted by atomic mass is 10.1. The number of carbonyl (C=O) groups excluding carboxylic acids is 2. The van der Waals surface area contributed by atoms with Gasteiger partial charge in [-0.2, -0.15) is 0 Å². The van der Waals surface area contributed by atoms with Crippen LogP contribution < -0.4 is 10.6 Å². The van der Waals surface area contributed by atoms with Gasteiger partial charge in [-0.3, -0.25) is 9.59 Å². The van der Waals surface area contributed by atoms with Crippen LogP contribution in [0.2, 0.25) is 0 Å². The van der Waals surface area contributed by atoms with Crippen LogP contribution >= 0.6 is 23.1 Å². The van der Waals surface area contributed by atoms with Gasteiger partial charge in [0, 0.05) is 5.56 Å². The fourth-order valence-corrected chi connectivity index (χ4v) is 3.68. The zero-order valence-corrected chi connectivity index (χ0v) is 15.5. The lowest BCUT2D eigenvalue weighted by Gasteiger charge is -2.08. The molecule has 3 rings (SSSR count). The summed E-state index contributed by atoms with van der Waals surface area (Å²) in [5.41, 5.74) is 1.01. The molecule has 2 aromatic heterocycles. The third-order valence-corrected chi connectivity index (χ3v) is 5.32. The van der Waals surface area contributed by atoms with Gasteiger partial charge in [0.1, 0.15) is 5.76 Å². The quantitative estimate of drug-likeness (QED) is 0.449. The van der Waals surface area contributed by atoms with Crippen LogP contribution in [0.1, 0.15) is 23.0 Å². The van der Waals surface area contributed by atoms with Gasteiger partial charge >= 0.3 is 0 Å². The SMILES string of the molecule is CC(=O)c1ccccc1NC(=O)CSc1nnc(NCc2ccco2)s1. The van der Waals surface area contributed by atoms with Gasteiger partial charge < -0.3 is 15.1 Å². The van der Waals surface area contributed by atoms with Crippen molar-refractivity contribution in [2.75, 3.05) is 16.4 Å². The fraction of sp³-hybridized carbons (Fsp3) is 0.176. The van der Waals surface area contributed by atoms with Gasteiger partial charge in [0.05, 0.1) is 24.2 Å². The summed E-state index contributed by atoms with van der Waals surface area (Å²) < 4.78 is 5.92. The first-order valence-corrected chi connectivity index (χ1v) is 9.54. The fourth-order valence-electron chi connectivity index (χ4n) is 2.13. The van der Waals surface area contributed by atoms with Gasteiger partial charge in [0.15, 0.2) is 10.1 Å². The van der Waals surface area contributed by atoms with Crippen molar-refractivity contribution in [1.29, 1.82) is 0 Å². The van der Waals surface area contributed by atoms with Crippen LogP contribution in [-0.4, -0.2) is 27.6 Å². The molecule has 3 aromatic rings. The van der Waals surface area contributed by atoms with E-state index in [1.807, 2.05) is 12.1 Å². The molecule has 2 N–H and O–H groups in total. The van der Waals surface area contributed by atoms with Gasteiger partial charge in [0.25, 0.3) is 0 Å². The second-order valence-corrected chi connectivity index (χ2v) is 7.44. The summed E-state index contributed by atoms with van der Waals surface area (Å²) in [5.74, 6) is 0.686. The molecule has 0 fully saturated rings. The summed E-state index contributed by atoms with van der Waals surface area (Å²) >= 11 is 2.66.